The van der Waals surface area contributed by atoms with Crippen LogP contribution >= 0.6 is 0 Å². The number of methoxy groups -OCH3 is 1. The molecule has 1 aromatic carbocycles. The Hall–Kier alpha value is -1.89. The fourth-order valence-electron chi connectivity index (χ4n) is 1.65. The van der Waals surface area contributed by atoms with E-state index in [2.05, 4.69) is 4.74 Å². The van der Waals surface area contributed by atoms with Gasteiger partial charge in [-0.2, -0.15) is 8.78 Å². The molecule has 0 aromatic heterocycles. The van der Waals surface area contributed by atoms with E-state index in [0.29, 0.717) is 6.54 Å². The van der Waals surface area contributed by atoms with Gasteiger partial charge in [-0.1, -0.05) is 6.07 Å². The lowest BCUT2D eigenvalue weighted by atomic mass is 10.1. The van der Waals surface area contributed by atoms with Gasteiger partial charge < -0.3 is 15.2 Å². The van der Waals surface area contributed by atoms with E-state index in [1.807, 2.05) is 0 Å². The molecule has 0 fully saturated rings. The van der Waals surface area contributed by atoms with Crippen LogP contribution in [0.2, 0.25) is 0 Å². The number of primary amides is 1. The number of nitrogens with two attached hydrogens (primary N) is 1. The van der Waals surface area contributed by atoms with E-state index in [4.69, 9.17) is 10.5 Å². The third-order valence-corrected chi connectivity index (χ3v) is 2.95. The molecule has 1 aromatic rings. The number of hydrogen-bond donors (Lipinski definition) is 1. The molecule has 0 bridgehead atoms. The standard InChI is InChI=1S/C13H18F2N2O3/c1-8(12(16)18)17(2)7-9-4-5-10(20-13(14)15)11(6-9)19-3/h4-6,8,13H,7H2,1-3H3,(H2,16,18). The average molecular weight is 288 g/mol. The molecule has 0 aliphatic heterocycles. The fourth-order valence-corrected chi connectivity index (χ4v) is 1.65. The number of carbonyl (C=O) groups is 1. The van der Waals surface area contributed by atoms with Crippen molar-refractivity contribution in [3.05, 3.63) is 23.8 Å². The zero-order valence-corrected chi connectivity index (χ0v) is 11.6. The SMILES string of the molecule is COc1cc(CN(C)C(C)C(N)=O)ccc1OC(F)F. The predicted molar refractivity (Wildman–Crippen MR) is 69.7 cm³/mol. The second-order valence-electron chi connectivity index (χ2n) is 4.36. The van der Waals surface area contributed by atoms with Gasteiger partial charge >= 0.3 is 6.61 Å². The molecule has 2 N–H and O–H groups in total. The van der Waals surface area contributed by atoms with Crippen LogP contribution in [0.1, 0.15) is 12.5 Å². The Morgan fingerprint density at radius 1 is 1.40 bits per heavy atom. The van der Waals surface area contributed by atoms with Crippen molar-refractivity contribution in [2.24, 2.45) is 5.73 Å². The molecular formula is C13H18F2N2O3. The molecule has 1 unspecified atom stereocenters. The van der Waals surface area contributed by atoms with Crippen LogP contribution in [0.4, 0.5) is 8.78 Å². The molecule has 112 valence electrons. The molecule has 0 saturated heterocycles. The molecular weight excluding hydrogens is 270 g/mol. The van der Waals surface area contributed by atoms with Crippen molar-refractivity contribution in [2.75, 3.05) is 14.2 Å². The van der Waals surface area contributed by atoms with Crippen molar-refractivity contribution >= 4 is 5.91 Å². The lowest BCUT2D eigenvalue weighted by Crippen LogP contribution is -2.39. The molecule has 5 nitrogen and oxygen atoms in total. The first-order valence-electron chi connectivity index (χ1n) is 5.96. The smallest absolute Gasteiger partial charge is 0.387 e. The highest BCUT2D eigenvalue weighted by Crippen LogP contribution is 2.29. The van der Waals surface area contributed by atoms with Crippen LogP contribution in [0.5, 0.6) is 11.5 Å². The first-order chi connectivity index (χ1) is 9.35. The monoisotopic (exact) mass is 288 g/mol. The van der Waals surface area contributed by atoms with Gasteiger partial charge in [0.05, 0.1) is 13.2 Å². The quantitative estimate of drug-likeness (QED) is 0.827. The van der Waals surface area contributed by atoms with Gasteiger partial charge in [0.2, 0.25) is 5.91 Å². The number of benzene rings is 1. The van der Waals surface area contributed by atoms with Crippen LogP contribution in [0, 0.1) is 0 Å². The Morgan fingerprint density at radius 2 is 2.05 bits per heavy atom. The number of alkyl halides is 2. The molecule has 0 heterocycles. The van der Waals surface area contributed by atoms with Gasteiger partial charge in [-0.05, 0) is 31.7 Å². The van der Waals surface area contributed by atoms with Gasteiger partial charge in [-0.25, -0.2) is 0 Å². The lowest BCUT2D eigenvalue weighted by molar-refractivity contribution is -0.122. The van der Waals surface area contributed by atoms with E-state index in [1.165, 1.54) is 13.2 Å². The van der Waals surface area contributed by atoms with E-state index in [1.54, 1.807) is 31.0 Å². The number of rotatable bonds is 7. The van der Waals surface area contributed by atoms with Gasteiger partial charge in [0.15, 0.2) is 11.5 Å². The Labute approximate surface area is 116 Å². The maximum absolute atomic E-state index is 12.2. The van der Waals surface area contributed by atoms with Gasteiger partial charge in [0.25, 0.3) is 0 Å². The van der Waals surface area contributed by atoms with E-state index in [0.717, 1.165) is 5.56 Å². The summed E-state index contributed by atoms with van der Waals surface area (Å²) in [6.07, 6.45) is 0. The van der Waals surface area contributed by atoms with Crippen LogP contribution < -0.4 is 15.2 Å². The van der Waals surface area contributed by atoms with Crippen LogP contribution in [0.15, 0.2) is 18.2 Å². The highest BCUT2D eigenvalue weighted by molar-refractivity contribution is 5.79. The lowest BCUT2D eigenvalue weighted by Gasteiger charge is -2.22. The normalized spacial score (nSPS) is 12.6. The molecule has 1 atom stereocenters. The Morgan fingerprint density at radius 3 is 2.55 bits per heavy atom. The molecule has 7 heteroatoms. The minimum Gasteiger partial charge on any atom is -0.493 e. The number of halogens is 2. The van der Waals surface area contributed by atoms with Crippen molar-refractivity contribution in [3.8, 4) is 11.5 Å². The summed E-state index contributed by atoms with van der Waals surface area (Å²) in [6, 6.07) is 4.19. The van der Waals surface area contributed by atoms with Crippen molar-refractivity contribution < 1.29 is 23.0 Å². The van der Waals surface area contributed by atoms with E-state index < -0.39 is 18.6 Å². The zero-order chi connectivity index (χ0) is 15.3. The number of hydrogen-bond acceptors (Lipinski definition) is 4. The number of likely N-dealkylation sites (N-methyl/N-ethyl adjacent to an activating group) is 1. The van der Waals surface area contributed by atoms with Crippen molar-refractivity contribution in [2.45, 2.75) is 26.1 Å². The average Bonchev–Trinajstić information content (AvgIpc) is 2.38. The van der Waals surface area contributed by atoms with Gasteiger partial charge in [-0.3, -0.25) is 9.69 Å². The predicted octanol–water partition coefficient (Wildman–Crippen LogP) is 1.60. The van der Waals surface area contributed by atoms with Crippen LogP contribution in [0.25, 0.3) is 0 Å². The molecule has 0 spiro atoms. The minimum absolute atomic E-state index is 0.0307. The Kier molecular flexibility index (Phi) is 5.69. The summed E-state index contributed by atoms with van der Waals surface area (Å²) in [4.78, 5) is 12.8. The fraction of sp³-hybridized carbons (Fsp3) is 0.462. The Bertz CT molecular complexity index is 469. The topological polar surface area (TPSA) is 64.8 Å². The van der Waals surface area contributed by atoms with Gasteiger partial charge in [-0.15, -0.1) is 0 Å². The molecule has 0 aliphatic carbocycles. The number of ether oxygens (including phenoxy) is 2. The molecule has 0 aliphatic rings. The van der Waals surface area contributed by atoms with Crippen molar-refractivity contribution in [1.29, 1.82) is 0 Å². The summed E-state index contributed by atoms with van der Waals surface area (Å²) < 4.78 is 33.8. The highest BCUT2D eigenvalue weighted by Gasteiger charge is 2.16. The summed E-state index contributed by atoms with van der Waals surface area (Å²) in [5.74, 6) is -0.253. The summed E-state index contributed by atoms with van der Waals surface area (Å²) in [6.45, 7) is -0.796. The summed E-state index contributed by atoms with van der Waals surface area (Å²) >= 11 is 0. The third-order valence-electron chi connectivity index (χ3n) is 2.95. The van der Waals surface area contributed by atoms with E-state index in [9.17, 15) is 13.6 Å². The zero-order valence-electron chi connectivity index (χ0n) is 11.6. The van der Waals surface area contributed by atoms with Crippen LogP contribution in [-0.2, 0) is 11.3 Å². The maximum Gasteiger partial charge on any atom is 0.387 e. The first-order valence-corrected chi connectivity index (χ1v) is 5.96. The highest BCUT2D eigenvalue weighted by atomic mass is 19.3. The summed E-state index contributed by atoms with van der Waals surface area (Å²) in [5.41, 5.74) is 6.01. The van der Waals surface area contributed by atoms with E-state index >= 15 is 0 Å². The van der Waals surface area contributed by atoms with E-state index in [-0.39, 0.29) is 11.5 Å². The molecule has 1 amide bonds. The number of amides is 1. The van der Waals surface area contributed by atoms with Crippen LogP contribution in [0.3, 0.4) is 0 Å². The second kappa shape index (κ2) is 7.04. The maximum atomic E-state index is 12.2. The number of carbonyl (C=O) groups excluding carboxylic acids is 1. The molecule has 20 heavy (non-hydrogen) atoms. The van der Waals surface area contributed by atoms with Gasteiger partial charge in [0.1, 0.15) is 0 Å². The molecule has 1 rings (SSSR count). The summed E-state index contributed by atoms with van der Waals surface area (Å²) in [7, 11) is 3.11. The van der Waals surface area contributed by atoms with Crippen LogP contribution in [-0.4, -0.2) is 37.6 Å². The second-order valence-corrected chi connectivity index (χ2v) is 4.36. The molecule has 0 radical (unpaired) electrons. The largest absolute Gasteiger partial charge is 0.493 e. The minimum atomic E-state index is -2.91. The Balaban J connectivity index is 2.85. The third kappa shape index (κ3) is 4.34. The first kappa shape index (κ1) is 16.2. The van der Waals surface area contributed by atoms with Crippen molar-refractivity contribution in [1.82, 2.24) is 4.90 Å². The van der Waals surface area contributed by atoms with Crippen molar-refractivity contribution in [3.63, 3.8) is 0 Å². The number of nitrogens with zero attached hydrogens (tertiary/aromatic N) is 1. The summed E-state index contributed by atoms with van der Waals surface area (Å²) in [5, 5.41) is 0. The van der Waals surface area contributed by atoms with Gasteiger partial charge in [0, 0.05) is 6.54 Å². The molecule has 0 saturated carbocycles.